The zero-order valence-corrected chi connectivity index (χ0v) is 14.8. The van der Waals surface area contributed by atoms with Crippen LogP contribution in [0.15, 0.2) is 24.3 Å². The van der Waals surface area contributed by atoms with Gasteiger partial charge in [0.15, 0.2) is 0 Å². The maximum atomic E-state index is 13.9. The molecule has 1 aromatic rings. The van der Waals surface area contributed by atoms with Crippen molar-refractivity contribution in [3.05, 3.63) is 30.1 Å². The fourth-order valence-electron chi connectivity index (χ4n) is 3.17. The number of para-hydroxylation sites is 1. The fraction of sp³-hybridized carbons (Fsp3) is 0.556. The van der Waals surface area contributed by atoms with Gasteiger partial charge in [0.2, 0.25) is 5.91 Å². The van der Waals surface area contributed by atoms with Gasteiger partial charge in [0, 0.05) is 19.6 Å². The number of hydrogen-bond acceptors (Lipinski definition) is 3. The Morgan fingerprint density at radius 2 is 2.08 bits per heavy atom. The number of benzene rings is 1. The number of carbonyl (C=O) groups excluding carboxylic acids is 2. The van der Waals surface area contributed by atoms with E-state index in [1.165, 1.54) is 6.07 Å². The SMILES string of the molecule is CC(C)C[C@H](NC(N)=O)C(=O)NCC1CCN(c2ccccc2F)C1. The van der Waals surface area contributed by atoms with Gasteiger partial charge in [-0.3, -0.25) is 4.79 Å². The van der Waals surface area contributed by atoms with Crippen LogP contribution in [0.4, 0.5) is 14.9 Å². The molecule has 0 radical (unpaired) electrons. The van der Waals surface area contributed by atoms with Gasteiger partial charge in [0.1, 0.15) is 11.9 Å². The number of nitrogens with one attached hydrogen (secondary N) is 2. The monoisotopic (exact) mass is 350 g/mol. The Balaban J connectivity index is 1.85. The molecule has 138 valence electrons. The van der Waals surface area contributed by atoms with Crippen molar-refractivity contribution >= 4 is 17.6 Å². The summed E-state index contributed by atoms with van der Waals surface area (Å²) in [5.41, 5.74) is 5.75. The summed E-state index contributed by atoms with van der Waals surface area (Å²) in [7, 11) is 0. The second-order valence-corrected chi connectivity index (χ2v) is 6.99. The van der Waals surface area contributed by atoms with Gasteiger partial charge in [-0.25, -0.2) is 9.18 Å². The molecule has 1 heterocycles. The summed E-state index contributed by atoms with van der Waals surface area (Å²) < 4.78 is 13.9. The van der Waals surface area contributed by atoms with E-state index in [1.54, 1.807) is 12.1 Å². The molecule has 0 aromatic heterocycles. The molecule has 1 fully saturated rings. The quantitative estimate of drug-likeness (QED) is 0.701. The minimum Gasteiger partial charge on any atom is -0.369 e. The standard InChI is InChI=1S/C18H27FN4O2/c1-12(2)9-15(22-18(20)25)17(24)21-10-13-7-8-23(11-13)16-6-4-3-5-14(16)19/h3-6,12-13,15H,7-11H2,1-2H3,(H,21,24)(H3,20,22,25)/t13?,15-/m0/s1. The first-order valence-electron chi connectivity index (χ1n) is 8.70. The molecule has 25 heavy (non-hydrogen) atoms. The van der Waals surface area contributed by atoms with E-state index in [0.717, 1.165) is 13.0 Å². The maximum Gasteiger partial charge on any atom is 0.312 e. The summed E-state index contributed by atoms with van der Waals surface area (Å²) in [6.45, 7) is 5.91. The van der Waals surface area contributed by atoms with Crippen LogP contribution in [0.3, 0.4) is 0 Å². The van der Waals surface area contributed by atoms with Gasteiger partial charge in [0.05, 0.1) is 5.69 Å². The first-order chi connectivity index (χ1) is 11.9. The molecule has 1 unspecified atom stereocenters. The van der Waals surface area contributed by atoms with E-state index >= 15 is 0 Å². The largest absolute Gasteiger partial charge is 0.369 e. The zero-order valence-electron chi connectivity index (χ0n) is 14.8. The topological polar surface area (TPSA) is 87.5 Å². The molecule has 0 saturated carbocycles. The average molecular weight is 350 g/mol. The van der Waals surface area contributed by atoms with Crippen LogP contribution in [0.2, 0.25) is 0 Å². The van der Waals surface area contributed by atoms with E-state index < -0.39 is 12.1 Å². The Labute approximate surface area is 147 Å². The highest BCUT2D eigenvalue weighted by Gasteiger charge is 2.26. The summed E-state index contributed by atoms with van der Waals surface area (Å²) in [4.78, 5) is 25.4. The van der Waals surface area contributed by atoms with Gasteiger partial charge in [0.25, 0.3) is 0 Å². The Kier molecular flexibility index (Phi) is 6.61. The predicted octanol–water partition coefficient (Wildman–Crippen LogP) is 1.85. The van der Waals surface area contributed by atoms with E-state index in [2.05, 4.69) is 10.6 Å². The van der Waals surface area contributed by atoms with E-state index in [9.17, 15) is 14.0 Å². The lowest BCUT2D eigenvalue weighted by Gasteiger charge is -2.21. The van der Waals surface area contributed by atoms with Crippen LogP contribution in [-0.2, 0) is 4.79 Å². The van der Waals surface area contributed by atoms with Gasteiger partial charge >= 0.3 is 6.03 Å². The number of amides is 3. The molecule has 1 aromatic carbocycles. The molecular formula is C18H27FN4O2. The van der Waals surface area contributed by atoms with E-state index in [-0.39, 0.29) is 23.6 Å². The number of anilines is 1. The second kappa shape index (κ2) is 8.69. The Morgan fingerprint density at radius 3 is 2.72 bits per heavy atom. The van der Waals surface area contributed by atoms with Gasteiger partial charge in [-0.05, 0) is 36.8 Å². The molecule has 6 nitrogen and oxygen atoms in total. The molecule has 0 spiro atoms. The number of urea groups is 1. The third kappa shape index (κ3) is 5.62. The minimum atomic E-state index is -0.701. The second-order valence-electron chi connectivity index (χ2n) is 6.99. The highest BCUT2D eigenvalue weighted by Crippen LogP contribution is 2.25. The smallest absolute Gasteiger partial charge is 0.312 e. The Hall–Kier alpha value is -2.31. The van der Waals surface area contributed by atoms with Crippen LogP contribution in [0.5, 0.6) is 0 Å². The first-order valence-corrected chi connectivity index (χ1v) is 8.70. The van der Waals surface area contributed by atoms with Crippen LogP contribution in [-0.4, -0.2) is 37.6 Å². The number of nitrogens with zero attached hydrogens (tertiary/aromatic N) is 1. The summed E-state index contributed by atoms with van der Waals surface area (Å²) in [5.74, 6) is 0.0501. The van der Waals surface area contributed by atoms with Crippen LogP contribution in [0.25, 0.3) is 0 Å². The van der Waals surface area contributed by atoms with E-state index in [1.807, 2.05) is 24.8 Å². The number of primary amides is 1. The van der Waals surface area contributed by atoms with Gasteiger partial charge in [-0.2, -0.15) is 0 Å². The molecule has 0 bridgehead atoms. The maximum absolute atomic E-state index is 13.9. The van der Waals surface area contributed by atoms with Crippen LogP contribution in [0, 0.1) is 17.7 Å². The van der Waals surface area contributed by atoms with Gasteiger partial charge in [-0.1, -0.05) is 26.0 Å². The molecular weight excluding hydrogens is 323 g/mol. The minimum absolute atomic E-state index is 0.225. The molecule has 1 saturated heterocycles. The number of halogens is 1. The number of carbonyl (C=O) groups is 2. The van der Waals surface area contributed by atoms with Crippen LogP contribution >= 0.6 is 0 Å². The summed E-state index contributed by atoms with van der Waals surface area (Å²) in [6.07, 6.45) is 1.41. The lowest BCUT2D eigenvalue weighted by molar-refractivity contribution is -0.123. The van der Waals surface area contributed by atoms with Crippen molar-refractivity contribution in [2.45, 2.75) is 32.7 Å². The number of hydrogen-bond donors (Lipinski definition) is 3. The van der Waals surface area contributed by atoms with Gasteiger partial charge < -0.3 is 21.3 Å². The molecule has 3 amide bonds. The predicted molar refractivity (Wildman–Crippen MR) is 95.7 cm³/mol. The number of rotatable bonds is 7. The van der Waals surface area contributed by atoms with Crippen molar-refractivity contribution in [1.82, 2.24) is 10.6 Å². The van der Waals surface area contributed by atoms with Crippen molar-refractivity contribution in [2.75, 3.05) is 24.5 Å². The molecule has 2 atom stereocenters. The molecule has 4 N–H and O–H groups in total. The first kappa shape index (κ1) is 19.0. The van der Waals surface area contributed by atoms with E-state index in [0.29, 0.717) is 25.2 Å². The Bertz CT molecular complexity index is 608. The third-order valence-corrected chi connectivity index (χ3v) is 4.38. The lowest BCUT2D eigenvalue weighted by atomic mass is 10.0. The normalized spacial score (nSPS) is 18.2. The third-order valence-electron chi connectivity index (χ3n) is 4.38. The molecule has 1 aliphatic heterocycles. The average Bonchev–Trinajstić information content (AvgIpc) is 3.00. The van der Waals surface area contributed by atoms with Crippen molar-refractivity contribution in [3.63, 3.8) is 0 Å². The number of nitrogens with two attached hydrogens (primary N) is 1. The summed E-state index contributed by atoms with van der Waals surface area (Å²) in [5, 5.41) is 5.39. The van der Waals surface area contributed by atoms with Crippen LogP contribution < -0.4 is 21.3 Å². The van der Waals surface area contributed by atoms with Crippen molar-refractivity contribution in [1.29, 1.82) is 0 Å². The van der Waals surface area contributed by atoms with Crippen molar-refractivity contribution in [2.24, 2.45) is 17.6 Å². The van der Waals surface area contributed by atoms with Crippen molar-refractivity contribution < 1.29 is 14.0 Å². The van der Waals surface area contributed by atoms with Crippen molar-refractivity contribution in [3.8, 4) is 0 Å². The highest BCUT2D eigenvalue weighted by molar-refractivity contribution is 5.86. The van der Waals surface area contributed by atoms with E-state index in [4.69, 9.17) is 5.73 Å². The summed E-state index contributed by atoms with van der Waals surface area (Å²) >= 11 is 0. The molecule has 7 heteroatoms. The fourth-order valence-corrected chi connectivity index (χ4v) is 3.17. The summed E-state index contributed by atoms with van der Waals surface area (Å²) in [6, 6.07) is 5.39. The molecule has 1 aliphatic rings. The molecule has 2 rings (SSSR count). The molecule has 0 aliphatic carbocycles. The van der Waals surface area contributed by atoms with Gasteiger partial charge in [-0.15, -0.1) is 0 Å². The zero-order chi connectivity index (χ0) is 18.4. The Morgan fingerprint density at radius 1 is 1.36 bits per heavy atom. The van der Waals surface area contributed by atoms with Crippen LogP contribution in [0.1, 0.15) is 26.7 Å². The lowest BCUT2D eigenvalue weighted by Crippen LogP contribution is -2.50. The highest BCUT2D eigenvalue weighted by atomic mass is 19.1.